The average molecular weight is 317 g/mol. The van der Waals surface area contributed by atoms with Gasteiger partial charge in [0.1, 0.15) is 11.9 Å². The van der Waals surface area contributed by atoms with Crippen LogP contribution in [0.2, 0.25) is 0 Å². The summed E-state index contributed by atoms with van der Waals surface area (Å²) in [4.78, 5) is 19.0. The molecule has 1 amide bonds. The van der Waals surface area contributed by atoms with Crippen LogP contribution in [-0.2, 0) is 23.0 Å². The maximum Gasteiger partial charge on any atom is 0.227 e. The summed E-state index contributed by atoms with van der Waals surface area (Å²) in [6, 6.07) is 0. The van der Waals surface area contributed by atoms with Crippen LogP contribution < -0.4 is 0 Å². The van der Waals surface area contributed by atoms with Gasteiger partial charge in [0.2, 0.25) is 5.91 Å². The summed E-state index contributed by atoms with van der Waals surface area (Å²) >= 11 is 0. The first kappa shape index (κ1) is 15.7. The summed E-state index contributed by atoms with van der Waals surface area (Å²) in [6.45, 7) is 7.52. The van der Waals surface area contributed by atoms with E-state index in [0.717, 1.165) is 28.5 Å². The number of hydrogen-bond donors (Lipinski definition) is 1. The van der Waals surface area contributed by atoms with Crippen molar-refractivity contribution in [2.24, 2.45) is 7.05 Å². The Morgan fingerprint density at radius 3 is 2.83 bits per heavy atom. The SMILES string of the molecule is Cc1cn(C)c(C2CN(C(=O)Cc3c(C)n[nH]c3C)CCO2)n1. The quantitative estimate of drug-likeness (QED) is 0.923. The second kappa shape index (κ2) is 6.16. The molecule has 3 heterocycles. The van der Waals surface area contributed by atoms with Gasteiger partial charge in [-0.05, 0) is 20.8 Å². The molecule has 1 aliphatic rings. The third-order valence-corrected chi connectivity index (χ3v) is 4.35. The van der Waals surface area contributed by atoms with Gasteiger partial charge in [-0.1, -0.05) is 0 Å². The molecule has 0 bridgehead atoms. The Balaban J connectivity index is 1.71. The lowest BCUT2D eigenvalue weighted by Crippen LogP contribution is -2.43. The molecule has 1 atom stereocenters. The molecule has 23 heavy (non-hydrogen) atoms. The maximum atomic E-state index is 12.6. The minimum Gasteiger partial charge on any atom is -0.367 e. The number of hydrogen-bond acceptors (Lipinski definition) is 4. The van der Waals surface area contributed by atoms with E-state index in [1.807, 2.05) is 43.5 Å². The summed E-state index contributed by atoms with van der Waals surface area (Å²) in [6.07, 6.45) is 2.18. The number of nitrogens with zero attached hydrogens (tertiary/aromatic N) is 4. The predicted molar refractivity (Wildman–Crippen MR) is 85.0 cm³/mol. The normalized spacial score (nSPS) is 18.4. The zero-order valence-electron chi connectivity index (χ0n) is 14.1. The predicted octanol–water partition coefficient (Wildman–Crippen LogP) is 1.21. The number of imidazole rings is 1. The number of morpholine rings is 1. The van der Waals surface area contributed by atoms with Crippen LogP contribution in [0.15, 0.2) is 6.20 Å². The Kier molecular flexibility index (Phi) is 4.21. The third-order valence-electron chi connectivity index (χ3n) is 4.35. The highest BCUT2D eigenvalue weighted by atomic mass is 16.5. The van der Waals surface area contributed by atoms with Crippen molar-refractivity contribution >= 4 is 5.91 Å². The van der Waals surface area contributed by atoms with Gasteiger partial charge >= 0.3 is 0 Å². The second-order valence-corrected chi connectivity index (χ2v) is 6.14. The van der Waals surface area contributed by atoms with E-state index < -0.39 is 0 Å². The van der Waals surface area contributed by atoms with E-state index in [-0.39, 0.29) is 12.0 Å². The molecule has 0 radical (unpaired) electrons. The van der Waals surface area contributed by atoms with Crippen molar-refractivity contribution in [1.29, 1.82) is 0 Å². The van der Waals surface area contributed by atoms with Crippen molar-refractivity contribution in [3.05, 3.63) is 34.7 Å². The second-order valence-electron chi connectivity index (χ2n) is 6.14. The van der Waals surface area contributed by atoms with Crippen molar-refractivity contribution in [2.75, 3.05) is 19.7 Å². The van der Waals surface area contributed by atoms with Gasteiger partial charge in [0, 0.05) is 31.0 Å². The van der Waals surface area contributed by atoms with Gasteiger partial charge in [-0.3, -0.25) is 9.89 Å². The fourth-order valence-electron chi connectivity index (χ4n) is 3.06. The van der Waals surface area contributed by atoms with Crippen LogP contribution in [-0.4, -0.2) is 50.3 Å². The number of ether oxygens (including phenoxy) is 1. The Morgan fingerprint density at radius 1 is 1.43 bits per heavy atom. The lowest BCUT2D eigenvalue weighted by molar-refractivity contribution is -0.138. The molecular weight excluding hydrogens is 294 g/mol. The molecule has 1 unspecified atom stereocenters. The molecule has 0 spiro atoms. The Morgan fingerprint density at radius 2 is 2.22 bits per heavy atom. The highest BCUT2D eigenvalue weighted by Crippen LogP contribution is 2.22. The molecule has 1 N–H and O–H groups in total. The zero-order chi connectivity index (χ0) is 16.6. The number of aryl methyl sites for hydroxylation is 4. The number of amides is 1. The Bertz CT molecular complexity index is 699. The van der Waals surface area contributed by atoms with Gasteiger partial charge in [0.05, 0.1) is 31.0 Å². The van der Waals surface area contributed by atoms with Gasteiger partial charge in [0.25, 0.3) is 0 Å². The van der Waals surface area contributed by atoms with E-state index in [1.165, 1.54) is 0 Å². The van der Waals surface area contributed by atoms with Gasteiger partial charge in [-0.25, -0.2) is 4.98 Å². The Labute approximate surface area is 135 Å². The molecule has 7 heteroatoms. The zero-order valence-corrected chi connectivity index (χ0v) is 14.1. The van der Waals surface area contributed by atoms with Gasteiger partial charge < -0.3 is 14.2 Å². The molecule has 1 aliphatic heterocycles. The number of H-pyrrole nitrogens is 1. The molecule has 0 aromatic carbocycles. The van der Waals surface area contributed by atoms with Crippen LogP contribution in [0.25, 0.3) is 0 Å². The fraction of sp³-hybridized carbons (Fsp3) is 0.562. The van der Waals surface area contributed by atoms with Crippen molar-refractivity contribution in [3.8, 4) is 0 Å². The summed E-state index contributed by atoms with van der Waals surface area (Å²) in [7, 11) is 1.96. The first-order valence-electron chi connectivity index (χ1n) is 7.85. The van der Waals surface area contributed by atoms with Crippen molar-refractivity contribution in [2.45, 2.75) is 33.3 Å². The van der Waals surface area contributed by atoms with E-state index in [1.54, 1.807) is 0 Å². The molecular formula is C16H23N5O2. The first-order valence-corrected chi connectivity index (χ1v) is 7.85. The van der Waals surface area contributed by atoms with E-state index in [0.29, 0.717) is 26.1 Å². The minimum atomic E-state index is -0.169. The van der Waals surface area contributed by atoms with E-state index in [4.69, 9.17) is 4.74 Å². The van der Waals surface area contributed by atoms with Crippen LogP contribution >= 0.6 is 0 Å². The molecule has 7 nitrogen and oxygen atoms in total. The Hall–Kier alpha value is -2.15. The van der Waals surface area contributed by atoms with Gasteiger partial charge in [-0.2, -0.15) is 5.10 Å². The van der Waals surface area contributed by atoms with Crippen LogP contribution in [0.1, 0.15) is 34.6 Å². The van der Waals surface area contributed by atoms with Crippen LogP contribution in [0.4, 0.5) is 0 Å². The molecule has 0 aliphatic carbocycles. The largest absolute Gasteiger partial charge is 0.367 e. The van der Waals surface area contributed by atoms with Crippen molar-refractivity contribution in [3.63, 3.8) is 0 Å². The average Bonchev–Trinajstić information content (AvgIpc) is 3.03. The number of aromatic nitrogens is 4. The highest BCUT2D eigenvalue weighted by molar-refractivity contribution is 5.79. The molecule has 0 saturated carbocycles. The van der Waals surface area contributed by atoms with Gasteiger partial charge in [-0.15, -0.1) is 0 Å². The standard InChI is InChI=1S/C16H23N5O2/c1-10-8-20(4)16(17-10)14-9-21(5-6-23-14)15(22)7-13-11(2)18-19-12(13)3/h8,14H,5-7,9H2,1-4H3,(H,18,19). The topological polar surface area (TPSA) is 76.0 Å². The van der Waals surface area contributed by atoms with E-state index >= 15 is 0 Å². The molecule has 1 fully saturated rings. The first-order chi connectivity index (χ1) is 11.0. The number of carbonyl (C=O) groups excluding carboxylic acids is 1. The number of rotatable bonds is 3. The third kappa shape index (κ3) is 3.14. The summed E-state index contributed by atoms with van der Waals surface area (Å²) in [5.41, 5.74) is 3.80. The molecule has 2 aromatic heterocycles. The lowest BCUT2D eigenvalue weighted by Gasteiger charge is -2.32. The number of carbonyl (C=O) groups is 1. The van der Waals surface area contributed by atoms with Crippen LogP contribution in [0, 0.1) is 20.8 Å². The molecule has 3 rings (SSSR count). The molecule has 124 valence electrons. The lowest BCUT2D eigenvalue weighted by atomic mass is 10.1. The van der Waals surface area contributed by atoms with Crippen LogP contribution in [0.3, 0.4) is 0 Å². The monoisotopic (exact) mass is 317 g/mol. The molecule has 2 aromatic rings. The van der Waals surface area contributed by atoms with E-state index in [2.05, 4.69) is 15.2 Å². The fourth-order valence-corrected chi connectivity index (χ4v) is 3.06. The maximum absolute atomic E-state index is 12.6. The number of nitrogens with one attached hydrogen (secondary N) is 1. The summed E-state index contributed by atoms with van der Waals surface area (Å²) in [5.74, 6) is 0.979. The van der Waals surface area contributed by atoms with E-state index in [9.17, 15) is 4.79 Å². The number of aromatic amines is 1. The van der Waals surface area contributed by atoms with Crippen LogP contribution in [0.5, 0.6) is 0 Å². The molecule has 1 saturated heterocycles. The van der Waals surface area contributed by atoms with Gasteiger partial charge in [0.15, 0.2) is 0 Å². The highest BCUT2D eigenvalue weighted by Gasteiger charge is 2.28. The smallest absolute Gasteiger partial charge is 0.227 e. The van der Waals surface area contributed by atoms with Crippen molar-refractivity contribution in [1.82, 2.24) is 24.6 Å². The summed E-state index contributed by atoms with van der Waals surface area (Å²) < 4.78 is 7.80. The minimum absolute atomic E-state index is 0.108. The van der Waals surface area contributed by atoms with Crippen molar-refractivity contribution < 1.29 is 9.53 Å². The summed E-state index contributed by atoms with van der Waals surface area (Å²) in [5, 5.41) is 7.09.